The van der Waals surface area contributed by atoms with Gasteiger partial charge in [-0.1, -0.05) is 19.3 Å². The van der Waals surface area contributed by atoms with Crippen LogP contribution in [0.5, 0.6) is 0 Å². The summed E-state index contributed by atoms with van der Waals surface area (Å²) in [6, 6.07) is 1.94. The highest BCUT2D eigenvalue weighted by Crippen LogP contribution is 2.27. The molecule has 0 aliphatic heterocycles. The Balaban J connectivity index is 1.96. The van der Waals surface area contributed by atoms with Crippen LogP contribution in [0.15, 0.2) is 6.07 Å². The highest BCUT2D eigenvalue weighted by Gasteiger charge is 2.28. The number of hydrogen-bond acceptors (Lipinski definition) is 4. The summed E-state index contributed by atoms with van der Waals surface area (Å²) in [5.41, 5.74) is 1.34. The highest BCUT2D eigenvalue weighted by molar-refractivity contribution is 5.28. The number of hydrogen-bond donors (Lipinski definition) is 2. The van der Waals surface area contributed by atoms with E-state index in [1.807, 2.05) is 19.9 Å². The van der Waals surface area contributed by atoms with Crippen molar-refractivity contribution < 1.29 is 5.11 Å². The van der Waals surface area contributed by atoms with Crippen LogP contribution in [-0.4, -0.2) is 27.2 Å². The Hall–Kier alpha value is -1.16. The van der Waals surface area contributed by atoms with Crippen LogP contribution in [0.3, 0.4) is 0 Å². The summed E-state index contributed by atoms with van der Waals surface area (Å²) in [6.07, 6.45) is 5.23. The molecule has 94 valence electrons. The van der Waals surface area contributed by atoms with E-state index in [9.17, 15) is 5.11 Å². The molecule has 1 saturated carbocycles. The fourth-order valence-corrected chi connectivity index (χ4v) is 2.44. The fraction of sp³-hybridized carbons (Fsp3) is 0.692. The largest absolute Gasteiger partial charge is 0.388 e. The third-order valence-corrected chi connectivity index (χ3v) is 3.34. The Kier molecular flexibility index (Phi) is 3.62. The molecule has 0 saturated heterocycles. The predicted octanol–water partition coefficient (Wildman–Crippen LogP) is 2.20. The van der Waals surface area contributed by atoms with Crippen molar-refractivity contribution in [2.24, 2.45) is 0 Å². The molecule has 0 spiro atoms. The Morgan fingerprint density at radius 3 is 2.35 bits per heavy atom. The SMILES string of the molecule is Cc1cc(C)nc(NCC2(O)CCCCC2)n1. The van der Waals surface area contributed by atoms with Crippen molar-refractivity contribution in [2.45, 2.75) is 51.6 Å². The summed E-state index contributed by atoms with van der Waals surface area (Å²) >= 11 is 0. The van der Waals surface area contributed by atoms with Crippen molar-refractivity contribution in [3.8, 4) is 0 Å². The van der Waals surface area contributed by atoms with E-state index in [-0.39, 0.29) is 0 Å². The molecule has 4 nitrogen and oxygen atoms in total. The Morgan fingerprint density at radius 2 is 1.76 bits per heavy atom. The summed E-state index contributed by atoms with van der Waals surface area (Å²) in [6.45, 7) is 4.46. The van der Waals surface area contributed by atoms with E-state index in [1.54, 1.807) is 0 Å². The van der Waals surface area contributed by atoms with E-state index in [0.29, 0.717) is 12.5 Å². The molecular formula is C13H21N3O. The van der Waals surface area contributed by atoms with Crippen LogP contribution >= 0.6 is 0 Å². The van der Waals surface area contributed by atoms with Crippen molar-refractivity contribution in [1.82, 2.24) is 9.97 Å². The Bertz CT molecular complexity index is 366. The molecule has 1 fully saturated rings. The lowest BCUT2D eigenvalue weighted by Crippen LogP contribution is -2.39. The lowest BCUT2D eigenvalue weighted by Gasteiger charge is -2.32. The lowest BCUT2D eigenvalue weighted by atomic mass is 9.85. The molecule has 2 rings (SSSR count). The summed E-state index contributed by atoms with van der Waals surface area (Å²) in [7, 11) is 0. The molecule has 4 heteroatoms. The van der Waals surface area contributed by atoms with Gasteiger partial charge in [-0.05, 0) is 32.8 Å². The van der Waals surface area contributed by atoms with Gasteiger partial charge in [-0.25, -0.2) is 9.97 Å². The topological polar surface area (TPSA) is 58.0 Å². The van der Waals surface area contributed by atoms with Gasteiger partial charge >= 0.3 is 0 Å². The molecular weight excluding hydrogens is 214 g/mol. The first kappa shape index (κ1) is 12.3. The minimum atomic E-state index is -0.570. The summed E-state index contributed by atoms with van der Waals surface area (Å²) in [5, 5.41) is 13.5. The summed E-state index contributed by atoms with van der Waals surface area (Å²) in [5.74, 6) is 0.626. The zero-order valence-corrected chi connectivity index (χ0v) is 10.7. The molecule has 0 bridgehead atoms. The van der Waals surface area contributed by atoms with Gasteiger partial charge in [0, 0.05) is 17.9 Å². The van der Waals surface area contributed by atoms with Gasteiger partial charge in [0.2, 0.25) is 5.95 Å². The molecule has 1 heterocycles. The quantitative estimate of drug-likeness (QED) is 0.843. The van der Waals surface area contributed by atoms with E-state index in [1.165, 1.54) is 6.42 Å². The maximum Gasteiger partial charge on any atom is 0.223 e. The second-order valence-corrected chi connectivity index (χ2v) is 5.11. The van der Waals surface area contributed by atoms with Gasteiger partial charge < -0.3 is 10.4 Å². The van der Waals surface area contributed by atoms with Crippen molar-refractivity contribution >= 4 is 5.95 Å². The summed E-state index contributed by atoms with van der Waals surface area (Å²) < 4.78 is 0. The lowest BCUT2D eigenvalue weighted by molar-refractivity contribution is 0.0166. The number of aromatic nitrogens is 2. The minimum Gasteiger partial charge on any atom is -0.388 e. The normalized spacial score (nSPS) is 19.0. The van der Waals surface area contributed by atoms with Crippen molar-refractivity contribution in [3.63, 3.8) is 0 Å². The maximum absolute atomic E-state index is 10.4. The molecule has 0 aromatic carbocycles. The molecule has 17 heavy (non-hydrogen) atoms. The van der Waals surface area contributed by atoms with Crippen LogP contribution in [0.25, 0.3) is 0 Å². The van der Waals surface area contributed by atoms with Gasteiger partial charge in [-0.3, -0.25) is 0 Å². The van der Waals surface area contributed by atoms with Crippen LogP contribution in [0, 0.1) is 13.8 Å². The monoisotopic (exact) mass is 235 g/mol. The summed E-state index contributed by atoms with van der Waals surface area (Å²) in [4.78, 5) is 8.63. The van der Waals surface area contributed by atoms with Gasteiger partial charge in [-0.2, -0.15) is 0 Å². The first-order valence-corrected chi connectivity index (χ1v) is 6.36. The molecule has 0 radical (unpaired) electrons. The average Bonchev–Trinajstić information content (AvgIpc) is 2.26. The van der Waals surface area contributed by atoms with E-state index in [0.717, 1.165) is 37.1 Å². The maximum atomic E-state index is 10.4. The Morgan fingerprint density at radius 1 is 1.18 bits per heavy atom. The second kappa shape index (κ2) is 5.00. The van der Waals surface area contributed by atoms with Gasteiger partial charge in [-0.15, -0.1) is 0 Å². The van der Waals surface area contributed by atoms with E-state index in [4.69, 9.17) is 0 Å². The Labute approximate surface area is 102 Å². The van der Waals surface area contributed by atoms with E-state index in [2.05, 4.69) is 15.3 Å². The number of rotatable bonds is 3. The van der Waals surface area contributed by atoms with Gasteiger partial charge in [0.1, 0.15) is 0 Å². The first-order valence-electron chi connectivity index (χ1n) is 6.36. The van der Waals surface area contributed by atoms with Crippen LogP contribution < -0.4 is 5.32 Å². The van der Waals surface area contributed by atoms with Crippen molar-refractivity contribution in [2.75, 3.05) is 11.9 Å². The molecule has 2 N–H and O–H groups in total. The predicted molar refractivity (Wildman–Crippen MR) is 68.0 cm³/mol. The van der Waals surface area contributed by atoms with E-state index >= 15 is 0 Å². The third kappa shape index (κ3) is 3.40. The highest BCUT2D eigenvalue weighted by atomic mass is 16.3. The van der Waals surface area contributed by atoms with Gasteiger partial charge in [0.15, 0.2) is 0 Å². The van der Waals surface area contributed by atoms with Crippen LogP contribution in [0.1, 0.15) is 43.5 Å². The minimum absolute atomic E-state index is 0.551. The van der Waals surface area contributed by atoms with Crippen LogP contribution in [0.2, 0.25) is 0 Å². The third-order valence-electron chi connectivity index (χ3n) is 3.34. The molecule has 0 amide bonds. The molecule has 1 aromatic rings. The molecule has 1 aliphatic carbocycles. The molecule has 1 aromatic heterocycles. The zero-order chi connectivity index (χ0) is 12.3. The number of aryl methyl sites for hydroxylation is 2. The molecule has 1 aliphatic rings. The zero-order valence-electron chi connectivity index (χ0n) is 10.7. The average molecular weight is 235 g/mol. The molecule has 0 unspecified atom stereocenters. The van der Waals surface area contributed by atoms with Gasteiger partial charge in [0.05, 0.1) is 5.60 Å². The standard InChI is InChI=1S/C13H21N3O/c1-10-8-11(2)16-12(15-10)14-9-13(17)6-4-3-5-7-13/h8,17H,3-7,9H2,1-2H3,(H,14,15,16). The number of aliphatic hydroxyl groups is 1. The van der Waals surface area contributed by atoms with Crippen molar-refractivity contribution in [3.05, 3.63) is 17.5 Å². The van der Waals surface area contributed by atoms with Crippen LogP contribution in [0.4, 0.5) is 5.95 Å². The fourth-order valence-electron chi connectivity index (χ4n) is 2.44. The van der Waals surface area contributed by atoms with E-state index < -0.39 is 5.60 Å². The smallest absolute Gasteiger partial charge is 0.223 e. The number of anilines is 1. The van der Waals surface area contributed by atoms with Crippen LogP contribution in [-0.2, 0) is 0 Å². The first-order chi connectivity index (χ1) is 8.07. The van der Waals surface area contributed by atoms with Crippen molar-refractivity contribution in [1.29, 1.82) is 0 Å². The molecule has 0 atom stereocenters. The second-order valence-electron chi connectivity index (χ2n) is 5.11. The van der Waals surface area contributed by atoms with Gasteiger partial charge in [0.25, 0.3) is 0 Å². The number of nitrogens with one attached hydrogen (secondary N) is 1. The number of nitrogens with zero attached hydrogens (tertiary/aromatic N) is 2.